The van der Waals surface area contributed by atoms with Crippen molar-refractivity contribution in [3.8, 4) is 11.8 Å². The van der Waals surface area contributed by atoms with Crippen LogP contribution < -0.4 is 0 Å². The summed E-state index contributed by atoms with van der Waals surface area (Å²) in [6, 6.07) is 3.81. The number of hydrogen-bond acceptors (Lipinski definition) is 1. The van der Waals surface area contributed by atoms with Crippen molar-refractivity contribution in [3.63, 3.8) is 0 Å². The second kappa shape index (κ2) is 5.79. The van der Waals surface area contributed by atoms with E-state index >= 15 is 0 Å². The maximum atomic E-state index is 13.3. The van der Waals surface area contributed by atoms with Crippen molar-refractivity contribution in [1.29, 1.82) is 0 Å². The predicted molar refractivity (Wildman–Crippen MR) is 63.5 cm³/mol. The van der Waals surface area contributed by atoms with Crippen LogP contribution in [0.5, 0.6) is 0 Å². The minimum Gasteiger partial charge on any atom is -0.292 e. The smallest absolute Gasteiger partial charge is 0.141 e. The molecule has 0 spiro atoms. The Bertz CT molecular complexity index is 419. The van der Waals surface area contributed by atoms with E-state index in [0.29, 0.717) is 6.54 Å². The molecule has 0 aromatic heterocycles. The third kappa shape index (κ3) is 3.28. The van der Waals surface area contributed by atoms with Crippen LogP contribution >= 0.6 is 0 Å². The molecule has 0 bridgehead atoms. The van der Waals surface area contributed by atoms with E-state index in [0.717, 1.165) is 13.1 Å². The normalized spacial score (nSPS) is 16.4. The van der Waals surface area contributed by atoms with Crippen LogP contribution in [0.3, 0.4) is 0 Å². The highest BCUT2D eigenvalue weighted by Crippen LogP contribution is 2.10. The summed E-state index contributed by atoms with van der Waals surface area (Å²) in [6.07, 6.45) is 3.65. The molecule has 3 heteroatoms. The summed E-state index contributed by atoms with van der Waals surface area (Å²) >= 11 is 0. The first-order valence-electron chi connectivity index (χ1n) is 5.92. The summed E-state index contributed by atoms with van der Waals surface area (Å²) in [4.78, 5) is 2.22. The van der Waals surface area contributed by atoms with Crippen LogP contribution in [-0.2, 0) is 0 Å². The van der Waals surface area contributed by atoms with Gasteiger partial charge >= 0.3 is 0 Å². The van der Waals surface area contributed by atoms with Crippen molar-refractivity contribution >= 4 is 0 Å². The van der Waals surface area contributed by atoms with Gasteiger partial charge in [-0.1, -0.05) is 24.3 Å². The molecule has 1 aliphatic heterocycles. The summed E-state index contributed by atoms with van der Waals surface area (Å²) in [6.45, 7) is 2.66. The van der Waals surface area contributed by atoms with E-state index < -0.39 is 11.6 Å². The van der Waals surface area contributed by atoms with Crippen LogP contribution in [0.25, 0.3) is 0 Å². The number of hydrogen-bond donors (Lipinski definition) is 0. The Hall–Kier alpha value is -1.40. The van der Waals surface area contributed by atoms with Gasteiger partial charge in [-0.2, -0.15) is 0 Å². The number of piperidine rings is 1. The zero-order chi connectivity index (χ0) is 12.1. The third-order valence-corrected chi connectivity index (χ3v) is 2.93. The first kappa shape index (κ1) is 12.1. The first-order chi connectivity index (χ1) is 8.27. The molecule has 17 heavy (non-hydrogen) atoms. The lowest BCUT2D eigenvalue weighted by Crippen LogP contribution is -2.29. The number of nitrogens with zero attached hydrogens (tertiary/aromatic N) is 1. The monoisotopic (exact) mass is 235 g/mol. The first-order valence-corrected chi connectivity index (χ1v) is 5.92. The molecule has 1 saturated heterocycles. The molecule has 0 saturated carbocycles. The Morgan fingerprint density at radius 3 is 2.35 bits per heavy atom. The standard InChI is InChI=1S/C14H15F2N/c15-13-7-4-8-14(16)12(13)6-5-11-17-9-2-1-3-10-17/h4,7-8H,1-3,9-11H2. The second-order valence-electron chi connectivity index (χ2n) is 4.24. The average Bonchev–Trinajstić information content (AvgIpc) is 2.34. The van der Waals surface area contributed by atoms with Gasteiger partial charge in [0.2, 0.25) is 0 Å². The second-order valence-corrected chi connectivity index (χ2v) is 4.24. The maximum Gasteiger partial charge on any atom is 0.141 e. The van der Waals surface area contributed by atoms with Gasteiger partial charge in [0, 0.05) is 0 Å². The fraction of sp³-hybridized carbons (Fsp3) is 0.429. The number of halogens is 2. The van der Waals surface area contributed by atoms with Crippen LogP contribution in [0.1, 0.15) is 24.8 Å². The Labute approximate surface area is 100 Å². The molecule has 2 rings (SSSR count). The Balaban J connectivity index is 2.00. The fourth-order valence-electron chi connectivity index (χ4n) is 1.97. The number of benzene rings is 1. The van der Waals surface area contributed by atoms with Gasteiger partial charge < -0.3 is 0 Å². The Kier molecular flexibility index (Phi) is 4.11. The maximum absolute atomic E-state index is 13.3. The summed E-state index contributed by atoms with van der Waals surface area (Å²) in [5.74, 6) is 4.26. The summed E-state index contributed by atoms with van der Waals surface area (Å²) in [5, 5.41) is 0. The molecular weight excluding hydrogens is 220 g/mol. The van der Waals surface area contributed by atoms with E-state index in [1.54, 1.807) is 0 Å². The molecule has 0 atom stereocenters. The largest absolute Gasteiger partial charge is 0.292 e. The van der Waals surface area contributed by atoms with E-state index in [-0.39, 0.29) is 5.56 Å². The molecule has 1 aromatic carbocycles. The molecule has 90 valence electrons. The van der Waals surface area contributed by atoms with E-state index in [2.05, 4.69) is 16.7 Å². The van der Waals surface area contributed by atoms with Gasteiger partial charge in [0.15, 0.2) is 0 Å². The lowest BCUT2D eigenvalue weighted by atomic mass is 10.1. The summed E-state index contributed by atoms with van der Waals surface area (Å²) < 4.78 is 26.5. The Morgan fingerprint density at radius 2 is 1.71 bits per heavy atom. The molecule has 1 aromatic rings. The lowest BCUT2D eigenvalue weighted by Gasteiger charge is -2.23. The van der Waals surface area contributed by atoms with Gasteiger partial charge in [-0.3, -0.25) is 4.90 Å². The van der Waals surface area contributed by atoms with Crippen LogP contribution in [-0.4, -0.2) is 24.5 Å². The molecule has 1 heterocycles. The van der Waals surface area contributed by atoms with E-state index in [4.69, 9.17) is 0 Å². The minimum absolute atomic E-state index is 0.121. The molecule has 1 nitrogen and oxygen atoms in total. The molecule has 0 unspecified atom stereocenters. The quantitative estimate of drug-likeness (QED) is 0.676. The minimum atomic E-state index is -0.587. The highest BCUT2D eigenvalue weighted by molar-refractivity contribution is 5.36. The van der Waals surface area contributed by atoms with E-state index in [1.165, 1.54) is 37.5 Å². The fourth-order valence-corrected chi connectivity index (χ4v) is 1.97. The van der Waals surface area contributed by atoms with Gasteiger partial charge in [-0.05, 0) is 38.1 Å². The van der Waals surface area contributed by atoms with Crippen molar-refractivity contribution in [2.24, 2.45) is 0 Å². The topological polar surface area (TPSA) is 3.24 Å². The van der Waals surface area contributed by atoms with E-state index in [1.807, 2.05) is 0 Å². The summed E-state index contributed by atoms with van der Waals surface area (Å²) in [5.41, 5.74) is -0.121. The summed E-state index contributed by atoms with van der Waals surface area (Å²) in [7, 11) is 0. The van der Waals surface area contributed by atoms with Crippen molar-refractivity contribution in [3.05, 3.63) is 35.4 Å². The lowest BCUT2D eigenvalue weighted by molar-refractivity contribution is 0.255. The zero-order valence-corrected chi connectivity index (χ0v) is 9.68. The molecule has 1 aliphatic rings. The van der Waals surface area contributed by atoms with Crippen molar-refractivity contribution in [2.75, 3.05) is 19.6 Å². The van der Waals surface area contributed by atoms with Crippen molar-refractivity contribution in [2.45, 2.75) is 19.3 Å². The highest BCUT2D eigenvalue weighted by atomic mass is 19.1. The Morgan fingerprint density at radius 1 is 1.06 bits per heavy atom. The van der Waals surface area contributed by atoms with Gasteiger partial charge in [0.25, 0.3) is 0 Å². The highest BCUT2D eigenvalue weighted by Gasteiger charge is 2.08. The molecule has 0 radical (unpaired) electrons. The molecule has 0 amide bonds. The van der Waals surface area contributed by atoms with Crippen molar-refractivity contribution < 1.29 is 8.78 Å². The van der Waals surface area contributed by atoms with Crippen LogP contribution in [0.2, 0.25) is 0 Å². The molecule has 1 fully saturated rings. The average molecular weight is 235 g/mol. The van der Waals surface area contributed by atoms with Gasteiger partial charge in [0.05, 0.1) is 12.1 Å². The SMILES string of the molecule is Fc1cccc(F)c1C#CCN1CCCCC1. The van der Waals surface area contributed by atoms with Gasteiger partial charge in [-0.25, -0.2) is 8.78 Å². The molecular formula is C14H15F2N. The van der Waals surface area contributed by atoms with Crippen LogP contribution in [0, 0.1) is 23.5 Å². The van der Waals surface area contributed by atoms with Crippen LogP contribution in [0.15, 0.2) is 18.2 Å². The predicted octanol–water partition coefficient (Wildman–Crippen LogP) is 2.80. The number of rotatable bonds is 1. The van der Waals surface area contributed by atoms with E-state index in [9.17, 15) is 8.78 Å². The van der Waals surface area contributed by atoms with Crippen LogP contribution in [0.4, 0.5) is 8.78 Å². The van der Waals surface area contributed by atoms with Crippen molar-refractivity contribution in [1.82, 2.24) is 4.90 Å². The van der Waals surface area contributed by atoms with Gasteiger partial charge in [-0.15, -0.1) is 0 Å². The third-order valence-electron chi connectivity index (χ3n) is 2.93. The van der Waals surface area contributed by atoms with Gasteiger partial charge in [0.1, 0.15) is 11.6 Å². The molecule has 0 N–H and O–H groups in total. The zero-order valence-electron chi connectivity index (χ0n) is 9.68. The molecule has 0 aliphatic carbocycles. The number of likely N-dealkylation sites (tertiary alicyclic amines) is 1.